The molecule has 0 spiro atoms. The van der Waals surface area contributed by atoms with Gasteiger partial charge < -0.3 is 0 Å². The van der Waals surface area contributed by atoms with Crippen LogP contribution in [0.2, 0.25) is 0 Å². The Bertz CT molecular complexity index is 1300. The van der Waals surface area contributed by atoms with Crippen molar-refractivity contribution < 1.29 is 0 Å². The average Bonchev–Trinajstić information content (AvgIpc) is 2.72. The highest BCUT2D eigenvalue weighted by atomic mass is 15.0. The number of aryl methyl sites for hydroxylation is 2. The summed E-state index contributed by atoms with van der Waals surface area (Å²) in [6.07, 6.45) is 1.95. The first kappa shape index (κ1) is 16.5. The molecule has 0 aliphatic carbocycles. The van der Waals surface area contributed by atoms with E-state index in [1.165, 1.54) is 10.8 Å². The zero-order valence-electron chi connectivity index (χ0n) is 15.7. The molecule has 0 aliphatic heterocycles. The number of pyridine rings is 1. The lowest BCUT2D eigenvalue weighted by molar-refractivity contribution is 0.928. The van der Waals surface area contributed by atoms with Crippen molar-refractivity contribution in [1.82, 2.24) is 19.9 Å². The van der Waals surface area contributed by atoms with E-state index >= 15 is 0 Å². The van der Waals surface area contributed by atoms with Crippen molar-refractivity contribution in [2.75, 3.05) is 0 Å². The third kappa shape index (κ3) is 2.89. The molecule has 0 saturated heterocycles. The van der Waals surface area contributed by atoms with E-state index in [-0.39, 0.29) is 0 Å². The fourth-order valence-electron chi connectivity index (χ4n) is 3.59. The summed E-state index contributed by atoms with van der Waals surface area (Å²) in [5.74, 6) is 2.18. The highest BCUT2D eigenvalue weighted by Crippen LogP contribution is 2.28. The van der Waals surface area contributed by atoms with Crippen LogP contribution in [0, 0.1) is 13.8 Å². The highest BCUT2D eigenvalue weighted by Gasteiger charge is 2.07. The van der Waals surface area contributed by atoms with Crippen molar-refractivity contribution in [2.45, 2.75) is 13.8 Å². The van der Waals surface area contributed by atoms with E-state index in [2.05, 4.69) is 69.5 Å². The Kier molecular flexibility index (Phi) is 3.83. The van der Waals surface area contributed by atoms with Gasteiger partial charge in [0, 0.05) is 28.1 Å². The van der Waals surface area contributed by atoms with E-state index in [1.54, 1.807) is 0 Å². The van der Waals surface area contributed by atoms with Crippen molar-refractivity contribution in [1.29, 1.82) is 0 Å². The topological polar surface area (TPSA) is 51.6 Å². The van der Waals surface area contributed by atoms with Crippen LogP contribution in [0.3, 0.4) is 0 Å². The van der Waals surface area contributed by atoms with E-state index in [0.29, 0.717) is 5.82 Å². The molecular weight excluding hydrogens is 344 g/mol. The molecule has 4 nitrogen and oxygen atoms in total. The van der Waals surface area contributed by atoms with Gasteiger partial charge in [0.1, 0.15) is 11.6 Å². The predicted octanol–water partition coefficient (Wildman–Crippen LogP) is 5.52. The van der Waals surface area contributed by atoms with E-state index in [1.807, 2.05) is 32.2 Å². The summed E-state index contributed by atoms with van der Waals surface area (Å²) >= 11 is 0. The molecule has 0 unspecified atom stereocenters. The smallest absolute Gasteiger partial charge is 0.163 e. The van der Waals surface area contributed by atoms with Crippen molar-refractivity contribution in [2.24, 2.45) is 0 Å². The van der Waals surface area contributed by atoms with Gasteiger partial charge in [0.15, 0.2) is 5.82 Å². The van der Waals surface area contributed by atoms with Crippen molar-refractivity contribution >= 4 is 21.7 Å². The molecule has 4 heteroatoms. The Morgan fingerprint density at radius 2 is 1.29 bits per heavy atom. The number of nitrogens with zero attached hydrogens (tertiary/aromatic N) is 4. The van der Waals surface area contributed by atoms with Gasteiger partial charge in [-0.15, -0.1) is 0 Å². The first-order valence-corrected chi connectivity index (χ1v) is 9.25. The largest absolute Gasteiger partial charge is 0.255 e. The van der Waals surface area contributed by atoms with Gasteiger partial charge in [-0.25, -0.2) is 15.0 Å². The SMILES string of the molecule is Cc1nc(C)nc(-c2ccc(-c3cnc4c(ccc5ccccc54)c3)cc2)n1. The quantitative estimate of drug-likeness (QED) is 0.388. The number of aromatic nitrogens is 4. The number of benzene rings is 3. The van der Waals surface area contributed by atoms with Gasteiger partial charge in [-0.2, -0.15) is 0 Å². The number of hydrogen-bond donors (Lipinski definition) is 0. The molecule has 5 aromatic rings. The first-order valence-electron chi connectivity index (χ1n) is 9.25. The van der Waals surface area contributed by atoms with E-state index in [9.17, 15) is 0 Å². The van der Waals surface area contributed by atoms with Crippen LogP contribution in [0.1, 0.15) is 11.6 Å². The molecule has 0 atom stereocenters. The molecule has 0 bridgehead atoms. The van der Waals surface area contributed by atoms with Gasteiger partial charge in [-0.1, -0.05) is 60.7 Å². The Hall–Kier alpha value is -3.66. The van der Waals surface area contributed by atoms with Crippen LogP contribution < -0.4 is 0 Å². The second-order valence-electron chi connectivity index (χ2n) is 6.91. The summed E-state index contributed by atoms with van der Waals surface area (Å²) < 4.78 is 0. The zero-order valence-corrected chi connectivity index (χ0v) is 15.7. The Morgan fingerprint density at radius 3 is 2.07 bits per heavy atom. The first-order chi connectivity index (χ1) is 13.7. The fourth-order valence-corrected chi connectivity index (χ4v) is 3.59. The standard InChI is InChI=1S/C24H18N4/c1-15-26-16(2)28-24(27-15)19-10-7-17(8-11-19)21-13-20-12-9-18-5-3-4-6-22(18)23(20)25-14-21/h3-14H,1-2H3. The number of fused-ring (bicyclic) bond motifs is 3. The lowest BCUT2D eigenvalue weighted by Crippen LogP contribution is -1.98. The van der Waals surface area contributed by atoms with Crippen LogP contribution in [-0.2, 0) is 0 Å². The maximum absolute atomic E-state index is 4.76. The van der Waals surface area contributed by atoms with Gasteiger partial charge in [-0.3, -0.25) is 4.98 Å². The Morgan fingerprint density at radius 1 is 0.607 bits per heavy atom. The molecule has 0 saturated carbocycles. The van der Waals surface area contributed by atoms with Crippen LogP contribution in [0.5, 0.6) is 0 Å². The minimum Gasteiger partial charge on any atom is -0.255 e. The molecule has 0 aliphatic rings. The highest BCUT2D eigenvalue weighted by molar-refractivity contribution is 6.05. The van der Waals surface area contributed by atoms with Gasteiger partial charge >= 0.3 is 0 Å². The molecule has 2 aromatic heterocycles. The third-order valence-corrected chi connectivity index (χ3v) is 4.91. The molecule has 28 heavy (non-hydrogen) atoms. The summed E-state index contributed by atoms with van der Waals surface area (Å²) in [6.45, 7) is 3.77. The average molecular weight is 362 g/mol. The normalized spacial score (nSPS) is 11.2. The summed E-state index contributed by atoms with van der Waals surface area (Å²) in [7, 11) is 0. The predicted molar refractivity (Wildman–Crippen MR) is 113 cm³/mol. The van der Waals surface area contributed by atoms with Crippen LogP contribution in [0.4, 0.5) is 0 Å². The third-order valence-electron chi connectivity index (χ3n) is 4.91. The summed E-state index contributed by atoms with van der Waals surface area (Å²) in [6, 6.07) is 23.1. The molecule has 134 valence electrons. The van der Waals surface area contributed by atoms with E-state index < -0.39 is 0 Å². The van der Waals surface area contributed by atoms with E-state index in [4.69, 9.17) is 4.98 Å². The van der Waals surface area contributed by atoms with Gasteiger partial charge in [-0.05, 0) is 30.9 Å². The van der Waals surface area contributed by atoms with Crippen molar-refractivity contribution in [3.63, 3.8) is 0 Å². The second-order valence-corrected chi connectivity index (χ2v) is 6.91. The van der Waals surface area contributed by atoms with Crippen LogP contribution in [0.25, 0.3) is 44.2 Å². The zero-order chi connectivity index (χ0) is 19.1. The lowest BCUT2D eigenvalue weighted by atomic mass is 10.0. The Labute approximate surface area is 163 Å². The maximum Gasteiger partial charge on any atom is 0.163 e. The molecule has 0 fully saturated rings. The number of rotatable bonds is 2. The van der Waals surface area contributed by atoms with Crippen LogP contribution in [-0.4, -0.2) is 19.9 Å². The summed E-state index contributed by atoms with van der Waals surface area (Å²) in [5.41, 5.74) is 4.23. The van der Waals surface area contributed by atoms with Gasteiger partial charge in [0.2, 0.25) is 0 Å². The second kappa shape index (κ2) is 6.50. The minimum atomic E-state index is 0.708. The molecule has 5 rings (SSSR count). The minimum absolute atomic E-state index is 0.708. The molecule has 2 heterocycles. The molecule has 0 N–H and O–H groups in total. The maximum atomic E-state index is 4.76. The van der Waals surface area contributed by atoms with Crippen LogP contribution in [0.15, 0.2) is 72.9 Å². The van der Waals surface area contributed by atoms with Crippen molar-refractivity contribution in [3.05, 3.63) is 84.6 Å². The van der Waals surface area contributed by atoms with E-state index in [0.717, 1.165) is 39.2 Å². The Balaban J connectivity index is 1.55. The lowest BCUT2D eigenvalue weighted by Gasteiger charge is -2.07. The summed E-state index contributed by atoms with van der Waals surface area (Å²) in [4.78, 5) is 17.9. The van der Waals surface area contributed by atoms with Gasteiger partial charge in [0.05, 0.1) is 5.52 Å². The fraction of sp³-hybridized carbons (Fsp3) is 0.0833. The van der Waals surface area contributed by atoms with Crippen molar-refractivity contribution in [3.8, 4) is 22.5 Å². The monoisotopic (exact) mass is 362 g/mol. The molecule has 0 radical (unpaired) electrons. The number of hydrogen-bond acceptors (Lipinski definition) is 4. The molecule has 3 aromatic carbocycles. The molecular formula is C24H18N4. The van der Waals surface area contributed by atoms with Crippen LogP contribution >= 0.6 is 0 Å². The summed E-state index contributed by atoms with van der Waals surface area (Å²) in [5, 5.41) is 3.54. The van der Waals surface area contributed by atoms with Gasteiger partial charge in [0.25, 0.3) is 0 Å². The molecule has 0 amide bonds.